The van der Waals surface area contributed by atoms with Crippen LogP contribution in [0.4, 0.5) is 0 Å². The molecule has 2 N–H and O–H groups in total. The normalized spacial score (nSPS) is 15.7. The molecule has 0 amide bonds. The van der Waals surface area contributed by atoms with Gasteiger partial charge in [-0.3, -0.25) is 9.89 Å². The summed E-state index contributed by atoms with van der Waals surface area (Å²) in [5.74, 6) is 0.893. The number of hydrogen-bond acceptors (Lipinski definition) is 3. The first-order valence-electron chi connectivity index (χ1n) is 7.46. The molecule has 1 aromatic rings. The van der Waals surface area contributed by atoms with Gasteiger partial charge in [0.25, 0.3) is 0 Å². The Bertz CT molecular complexity index is 437. The van der Waals surface area contributed by atoms with Gasteiger partial charge < -0.3 is 10.6 Å². The minimum Gasteiger partial charge on any atom is -0.355 e. The smallest absolute Gasteiger partial charge is 0.191 e. The molecule has 0 bridgehead atoms. The van der Waals surface area contributed by atoms with Crippen molar-refractivity contribution in [1.29, 1.82) is 0 Å². The third-order valence-electron chi connectivity index (χ3n) is 3.77. The van der Waals surface area contributed by atoms with Crippen molar-refractivity contribution in [2.24, 2.45) is 4.99 Å². The van der Waals surface area contributed by atoms with Crippen molar-refractivity contribution in [3.63, 3.8) is 0 Å². The molecule has 1 saturated carbocycles. The van der Waals surface area contributed by atoms with E-state index in [1.165, 1.54) is 23.3 Å². The molecular weight excluding hydrogens is 268 g/mol. The molecule has 0 atom stereocenters. The molecule has 0 aliphatic heterocycles. The first-order chi connectivity index (χ1) is 9.74. The average Bonchev–Trinajstić information content (AvgIpc) is 3.22. The molecule has 2 rings (SSSR count). The minimum atomic E-state index is 0.838. The Kier molecular flexibility index (Phi) is 5.86. The van der Waals surface area contributed by atoms with Crippen LogP contribution in [0.1, 0.15) is 30.2 Å². The molecule has 0 saturated heterocycles. The van der Waals surface area contributed by atoms with Gasteiger partial charge in [-0.25, -0.2) is 0 Å². The topological polar surface area (TPSA) is 39.7 Å². The zero-order valence-corrected chi connectivity index (χ0v) is 13.6. The van der Waals surface area contributed by atoms with E-state index in [4.69, 9.17) is 0 Å². The molecule has 1 aliphatic rings. The Balaban J connectivity index is 1.68. The van der Waals surface area contributed by atoms with Crippen molar-refractivity contribution in [3.05, 3.63) is 21.9 Å². The summed E-state index contributed by atoms with van der Waals surface area (Å²) in [6.07, 6.45) is 2.75. The third-order valence-corrected chi connectivity index (χ3v) is 4.79. The fraction of sp³-hybridized carbons (Fsp3) is 0.667. The summed E-state index contributed by atoms with van der Waals surface area (Å²) in [5, 5.41) is 8.92. The van der Waals surface area contributed by atoms with Gasteiger partial charge in [-0.05, 0) is 43.3 Å². The van der Waals surface area contributed by atoms with E-state index in [-0.39, 0.29) is 0 Å². The van der Waals surface area contributed by atoms with Gasteiger partial charge in [-0.1, -0.05) is 6.92 Å². The highest BCUT2D eigenvalue weighted by Crippen LogP contribution is 2.25. The van der Waals surface area contributed by atoms with Gasteiger partial charge >= 0.3 is 0 Å². The molecule has 1 aliphatic carbocycles. The van der Waals surface area contributed by atoms with Crippen LogP contribution in [0.3, 0.4) is 0 Å². The van der Waals surface area contributed by atoms with E-state index in [0.717, 1.165) is 38.2 Å². The summed E-state index contributed by atoms with van der Waals surface area (Å²) in [5.41, 5.74) is 1.35. The van der Waals surface area contributed by atoms with Crippen molar-refractivity contribution in [3.8, 4) is 0 Å². The van der Waals surface area contributed by atoms with Gasteiger partial charge in [0, 0.05) is 31.1 Å². The predicted octanol–water partition coefficient (Wildman–Crippen LogP) is 2.21. The molecule has 0 aromatic carbocycles. The molecule has 1 heterocycles. The molecule has 20 heavy (non-hydrogen) atoms. The van der Waals surface area contributed by atoms with Crippen molar-refractivity contribution in [2.45, 2.75) is 39.3 Å². The zero-order chi connectivity index (χ0) is 14.4. The van der Waals surface area contributed by atoms with Crippen LogP contribution < -0.4 is 10.6 Å². The van der Waals surface area contributed by atoms with Gasteiger partial charge in [-0.2, -0.15) is 0 Å². The van der Waals surface area contributed by atoms with Gasteiger partial charge in [0.05, 0.1) is 6.54 Å². The first-order valence-corrected chi connectivity index (χ1v) is 8.34. The van der Waals surface area contributed by atoms with Crippen LogP contribution in [0, 0.1) is 6.92 Å². The van der Waals surface area contributed by atoms with E-state index >= 15 is 0 Å². The molecule has 0 radical (unpaired) electrons. The van der Waals surface area contributed by atoms with Gasteiger partial charge in [0.2, 0.25) is 0 Å². The maximum absolute atomic E-state index is 4.28. The van der Waals surface area contributed by atoms with E-state index in [1.807, 2.05) is 7.05 Å². The second-order valence-electron chi connectivity index (χ2n) is 5.24. The van der Waals surface area contributed by atoms with Gasteiger partial charge in [-0.15, -0.1) is 11.3 Å². The Hall–Kier alpha value is -1.07. The first kappa shape index (κ1) is 15.3. The Morgan fingerprint density at radius 1 is 1.45 bits per heavy atom. The van der Waals surface area contributed by atoms with Gasteiger partial charge in [0.15, 0.2) is 5.96 Å². The van der Waals surface area contributed by atoms with Gasteiger partial charge in [0.1, 0.15) is 0 Å². The van der Waals surface area contributed by atoms with Crippen LogP contribution in [0.2, 0.25) is 0 Å². The summed E-state index contributed by atoms with van der Waals surface area (Å²) in [6.45, 7) is 8.44. The van der Waals surface area contributed by atoms with Crippen LogP contribution in [-0.2, 0) is 6.54 Å². The number of hydrogen-bond donors (Lipinski definition) is 2. The van der Waals surface area contributed by atoms with Crippen molar-refractivity contribution < 1.29 is 0 Å². The SMILES string of the molecule is CCN(CCNC(=NC)NCc1sccc1C)C1CC1. The lowest BCUT2D eigenvalue weighted by molar-refractivity contribution is 0.282. The van der Waals surface area contributed by atoms with E-state index in [0.29, 0.717) is 0 Å². The van der Waals surface area contributed by atoms with Crippen LogP contribution in [-0.4, -0.2) is 43.6 Å². The van der Waals surface area contributed by atoms with E-state index < -0.39 is 0 Å². The maximum Gasteiger partial charge on any atom is 0.191 e. The lowest BCUT2D eigenvalue weighted by Crippen LogP contribution is -2.41. The second kappa shape index (κ2) is 7.64. The molecular formula is C15H26N4S. The highest BCUT2D eigenvalue weighted by molar-refractivity contribution is 7.10. The maximum atomic E-state index is 4.28. The van der Waals surface area contributed by atoms with E-state index in [1.54, 1.807) is 11.3 Å². The van der Waals surface area contributed by atoms with E-state index in [2.05, 4.69) is 45.8 Å². The highest BCUT2D eigenvalue weighted by Gasteiger charge is 2.27. The molecule has 4 nitrogen and oxygen atoms in total. The average molecular weight is 294 g/mol. The standard InChI is InChI=1S/C15H26N4S/c1-4-19(13-5-6-13)9-8-17-15(16-3)18-11-14-12(2)7-10-20-14/h7,10,13H,4-6,8-9,11H2,1-3H3,(H2,16,17,18). The molecule has 5 heteroatoms. The molecule has 1 fully saturated rings. The van der Waals surface area contributed by atoms with Crippen molar-refractivity contribution >= 4 is 17.3 Å². The fourth-order valence-corrected chi connectivity index (χ4v) is 3.17. The minimum absolute atomic E-state index is 0.838. The summed E-state index contributed by atoms with van der Waals surface area (Å²) in [4.78, 5) is 8.20. The highest BCUT2D eigenvalue weighted by atomic mass is 32.1. The molecule has 0 unspecified atom stereocenters. The molecule has 112 valence electrons. The number of guanidine groups is 1. The number of nitrogens with zero attached hydrogens (tertiary/aromatic N) is 2. The lowest BCUT2D eigenvalue weighted by atomic mass is 10.3. The molecule has 0 spiro atoms. The number of nitrogens with one attached hydrogen (secondary N) is 2. The largest absolute Gasteiger partial charge is 0.355 e. The fourth-order valence-electron chi connectivity index (χ4n) is 2.33. The van der Waals surface area contributed by atoms with Crippen molar-refractivity contribution in [2.75, 3.05) is 26.7 Å². The number of thiophene rings is 1. The van der Waals surface area contributed by atoms with Crippen LogP contribution in [0.5, 0.6) is 0 Å². The Labute approximate surface area is 126 Å². The second-order valence-corrected chi connectivity index (χ2v) is 6.24. The third kappa shape index (κ3) is 4.49. The monoisotopic (exact) mass is 294 g/mol. The van der Waals surface area contributed by atoms with Crippen LogP contribution in [0.25, 0.3) is 0 Å². The summed E-state index contributed by atoms with van der Waals surface area (Å²) >= 11 is 1.79. The summed E-state index contributed by atoms with van der Waals surface area (Å²) in [7, 11) is 1.83. The number of aryl methyl sites for hydroxylation is 1. The summed E-state index contributed by atoms with van der Waals surface area (Å²) in [6, 6.07) is 3.00. The predicted molar refractivity (Wildman–Crippen MR) is 87.5 cm³/mol. The zero-order valence-electron chi connectivity index (χ0n) is 12.8. The van der Waals surface area contributed by atoms with Crippen LogP contribution >= 0.6 is 11.3 Å². The van der Waals surface area contributed by atoms with E-state index in [9.17, 15) is 0 Å². The summed E-state index contributed by atoms with van der Waals surface area (Å²) < 4.78 is 0. The number of likely N-dealkylation sites (N-methyl/N-ethyl adjacent to an activating group) is 1. The Morgan fingerprint density at radius 2 is 2.25 bits per heavy atom. The van der Waals surface area contributed by atoms with Crippen molar-refractivity contribution in [1.82, 2.24) is 15.5 Å². The number of rotatable bonds is 7. The number of aliphatic imine (C=N–C) groups is 1. The van der Waals surface area contributed by atoms with Crippen LogP contribution in [0.15, 0.2) is 16.4 Å². The lowest BCUT2D eigenvalue weighted by Gasteiger charge is -2.20. The quantitative estimate of drug-likeness (QED) is 0.598. The molecule has 1 aromatic heterocycles. The Morgan fingerprint density at radius 3 is 2.80 bits per heavy atom.